The van der Waals surface area contributed by atoms with Gasteiger partial charge in [0.1, 0.15) is 5.75 Å². The van der Waals surface area contributed by atoms with Gasteiger partial charge in [-0.1, -0.05) is 18.6 Å². The van der Waals surface area contributed by atoms with Crippen LogP contribution in [0.1, 0.15) is 36.2 Å². The zero-order valence-corrected chi connectivity index (χ0v) is 14.2. The number of aryl methyl sites for hydroxylation is 1. The molecule has 0 unspecified atom stereocenters. The van der Waals surface area contributed by atoms with E-state index in [-0.39, 0.29) is 5.91 Å². The van der Waals surface area contributed by atoms with Crippen LogP contribution < -0.4 is 10.1 Å². The molecule has 2 aliphatic carbocycles. The van der Waals surface area contributed by atoms with E-state index in [4.69, 9.17) is 4.74 Å². The maximum Gasteiger partial charge on any atom is 0.272 e. The second kappa shape index (κ2) is 5.96. The number of ether oxygens (including phenoxy) is 1. The third kappa shape index (κ3) is 2.68. The summed E-state index contributed by atoms with van der Waals surface area (Å²) >= 11 is 0. The van der Waals surface area contributed by atoms with Crippen LogP contribution in [0.2, 0.25) is 0 Å². The lowest BCUT2D eigenvalue weighted by molar-refractivity contribution is 0.0917. The van der Waals surface area contributed by atoms with Crippen LogP contribution in [-0.4, -0.2) is 28.8 Å². The number of aromatic nitrogens is 2. The first-order chi connectivity index (χ1) is 11.6. The Labute approximate surface area is 142 Å². The third-order valence-corrected chi connectivity index (χ3v) is 5.53. The summed E-state index contributed by atoms with van der Waals surface area (Å²) in [4.78, 5) is 12.6. The Hall–Kier alpha value is -2.30. The molecule has 2 aromatic rings. The molecule has 5 nitrogen and oxygen atoms in total. The third-order valence-electron chi connectivity index (χ3n) is 5.53. The van der Waals surface area contributed by atoms with Crippen molar-refractivity contribution in [1.29, 1.82) is 0 Å². The summed E-state index contributed by atoms with van der Waals surface area (Å²) in [5.41, 5.74) is 2.38. The SMILES string of the molecule is COc1cccc(-c2cc(C(=O)N[C@H]3C[C@H]4CC[C@H]3C4)nn2C)c1. The number of methoxy groups -OCH3 is 1. The number of nitrogens with one attached hydrogen (secondary N) is 1. The number of rotatable bonds is 4. The minimum Gasteiger partial charge on any atom is -0.497 e. The fraction of sp³-hybridized carbons (Fsp3) is 0.474. The summed E-state index contributed by atoms with van der Waals surface area (Å²) in [7, 11) is 3.51. The van der Waals surface area contributed by atoms with Gasteiger partial charge < -0.3 is 10.1 Å². The summed E-state index contributed by atoms with van der Waals surface area (Å²) in [5, 5.41) is 7.61. The van der Waals surface area contributed by atoms with Gasteiger partial charge >= 0.3 is 0 Å². The number of carbonyl (C=O) groups excluding carboxylic acids is 1. The monoisotopic (exact) mass is 325 g/mol. The predicted molar refractivity (Wildman–Crippen MR) is 91.9 cm³/mol. The van der Waals surface area contributed by atoms with Gasteiger partial charge in [0.25, 0.3) is 5.91 Å². The van der Waals surface area contributed by atoms with E-state index in [9.17, 15) is 4.79 Å². The van der Waals surface area contributed by atoms with E-state index in [2.05, 4.69) is 10.4 Å². The molecular weight excluding hydrogens is 302 g/mol. The molecule has 1 N–H and O–H groups in total. The molecule has 1 amide bonds. The second-order valence-electron chi connectivity index (χ2n) is 7.03. The van der Waals surface area contributed by atoms with E-state index >= 15 is 0 Å². The summed E-state index contributed by atoms with van der Waals surface area (Å²) in [6.45, 7) is 0. The van der Waals surface area contributed by atoms with Gasteiger partial charge in [-0.25, -0.2) is 0 Å². The molecule has 0 radical (unpaired) electrons. The average molecular weight is 325 g/mol. The molecule has 2 aliphatic rings. The van der Waals surface area contributed by atoms with Crippen LogP contribution in [0.5, 0.6) is 5.75 Å². The summed E-state index contributed by atoms with van der Waals surface area (Å²) in [6, 6.07) is 9.99. The van der Waals surface area contributed by atoms with Crippen molar-refractivity contribution in [3.63, 3.8) is 0 Å². The first kappa shape index (κ1) is 15.2. The van der Waals surface area contributed by atoms with Gasteiger partial charge in [0.2, 0.25) is 0 Å². The van der Waals surface area contributed by atoms with Crippen LogP contribution in [0.15, 0.2) is 30.3 Å². The molecule has 4 rings (SSSR count). The number of carbonyl (C=O) groups is 1. The van der Waals surface area contributed by atoms with Crippen LogP contribution in [-0.2, 0) is 7.05 Å². The maximum atomic E-state index is 12.6. The summed E-state index contributed by atoms with van der Waals surface area (Å²) in [6.07, 6.45) is 5.00. The Morgan fingerprint density at radius 1 is 1.29 bits per heavy atom. The highest BCUT2D eigenvalue weighted by Crippen LogP contribution is 2.44. The molecule has 0 saturated heterocycles. The number of amides is 1. The molecule has 5 heteroatoms. The summed E-state index contributed by atoms with van der Waals surface area (Å²) < 4.78 is 7.03. The highest BCUT2D eigenvalue weighted by molar-refractivity contribution is 5.93. The minimum atomic E-state index is -0.0581. The fourth-order valence-corrected chi connectivity index (χ4v) is 4.29. The summed E-state index contributed by atoms with van der Waals surface area (Å²) in [5.74, 6) is 2.22. The predicted octanol–water partition coefficient (Wildman–Crippen LogP) is 3.01. The topological polar surface area (TPSA) is 56.1 Å². The van der Waals surface area contributed by atoms with E-state index in [0.29, 0.717) is 17.7 Å². The minimum absolute atomic E-state index is 0.0581. The molecule has 1 heterocycles. The van der Waals surface area contributed by atoms with E-state index < -0.39 is 0 Å². The van der Waals surface area contributed by atoms with Crippen molar-refractivity contribution in [2.75, 3.05) is 7.11 Å². The first-order valence-corrected chi connectivity index (χ1v) is 8.63. The van der Waals surface area contributed by atoms with Gasteiger partial charge in [-0.15, -0.1) is 0 Å². The van der Waals surface area contributed by atoms with Gasteiger partial charge in [0, 0.05) is 18.7 Å². The van der Waals surface area contributed by atoms with Crippen molar-refractivity contribution in [2.45, 2.75) is 31.7 Å². The Morgan fingerprint density at radius 2 is 2.17 bits per heavy atom. The highest BCUT2D eigenvalue weighted by Gasteiger charge is 2.40. The molecular formula is C19H23N3O2. The lowest BCUT2D eigenvalue weighted by Gasteiger charge is -2.22. The quantitative estimate of drug-likeness (QED) is 0.940. The van der Waals surface area contributed by atoms with Gasteiger partial charge in [-0.3, -0.25) is 9.48 Å². The molecule has 1 aromatic carbocycles. The first-order valence-electron chi connectivity index (χ1n) is 8.63. The number of fused-ring (bicyclic) bond motifs is 2. The van der Waals surface area contributed by atoms with E-state index in [0.717, 1.165) is 29.3 Å². The molecule has 0 spiro atoms. The Balaban J connectivity index is 1.53. The van der Waals surface area contributed by atoms with Crippen LogP contribution in [0, 0.1) is 11.8 Å². The lowest BCUT2D eigenvalue weighted by atomic mass is 9.95. The van der Waals surface area contributed by atoms with Gasteiger partial charge in [0.05, 0.1) is 12.8 Å². The molecule has 2 fully saturated rings. The fourth-order valence-electron chi connectivity index (χ4n) is 4.29. The largest absolute Gasteiger partial charge is 0.497 e. The van der Waals surface area contributed by atoms with E-state index in [1.54, 1.807) is 11.8 Å². The van der Waals surface area contributed by atoms with Crippen molar-refractivity contribution in [2.24, 2.45) is 18.9 Å². The molecule has 1 aromatic heterocycles. The number of hydrogen-bond acceptors (Lipinski definition) is 3. The van der Waals surface area contributed by atoms with Crippen molar-refractivity contribution in [3.05, 3.63) is 36.0 Å². The zero-order chi connectivity index (χ0) is 16.7. The van der Waals surface area contributed by atoms with Crippen molar-refractivity contribution >= 4 is 5.91 Å². The van der Waals surface area contributed by atoms with Crippen molar-refractivity contribution in [1.82, 2.24) is 15.1 Å². The van der Waals surface area contributed by atoms with E-state index in [1.807, 2.05) is 37.4 Å². The van der Waals surface area contributed by atoms with Crippen LogP contribution >= 0.6 is 0 Å². The van der Waals surface area contributed by atoms with Crippen molar-refractivity contribution < 1.29 is 9.53 Å². The molecule has 3 atom stereocenters. The van der Waals surface area contributed by atoms with Crippen LogP contribution in [0.25, 0.3) is 11.3 Å². The van der Waals surface area contributed by atoms with Gasteiger partial charge in [0.15, 0.2) is 5.69 Å². The van der Waals surface area contributed by atoms with Gasteiger partial charge in [-0.2, -0.15) is 5.10 Å². The maximum absolute atomic E-state index is 12.6. The van der Waals surface area contributed by atoms with Crippen LogP contribution in [0.4, 0.5) is 0 Å². The number of benzene rings is 1. The van der Waals surface area contributed by atoms with Crippen molar-refractivity contribution in [3.8, 4) is 17.0 Å². The van der Waals surface area contributed by atoms with Crippen LogP contribution in [0.3, 0.4) is 0 Å². The molecule has 2 saturated carbocycles. The Morgan fingerprint density at radius 3 is 2.88 bits per heavy atom. The van der Waals surface area contributed by atoms with E-state index in [1.165, 1.54) is 19.3 Å². The van der Waals surface area contributed by atoms with Gasteiger partial charge in [-0.05, 0) is 49.3 Å². The Bertz CT molecular complexity index is 768. The average Bonchev–Trinajstić information content (AvgIpc) is 3.30. The Kier molecular flexibility index (Phi) is 3.79. The molecule has 2 bridgehead atoms. The molecule has 0 aliphatic heterocycles. The lowest BCUT2D eigenvalue weighted by Crippen LogP contribution is -2.38. The smallest absolute Gasteiger partial charge is 0.272 e. The normalized spacial score (nSPS) is 25.0. The highest BCUT2D eigenvalue weighted by atomic mass is 16.5. The molecule has 24 heavy (non-hydrogen) atoms. The zero-order valence-electron chi connectivity index (χ0n) is 14.2. The second-order valence-corrected chi connectivity index (χ2v) is 7.03. The standard InChI is InChI=1S/C19H23N3O2/c1-22-18(14-4-3-5-15(10-14)24-2)11-17(21-22)19(23)20-16-9-12-6-7-13(16)8-12/h3-5,10-13,16H,6-9H2,1-2H3,(H,20,23)/t12-,13-,16-/m0/s1. The molecule has 126 valence electrons. The number of nitrogens with zero attached hydrogens (tertiary/aromatic N) is 2. The number of hydrogen-bond donors (Lipinski definition) is 1.